The molecule has 0 saturated heterocycles. The average molecular weight is 278 g/mol. The molecular formula is C14H16ClN3O. The van der Waals surface area contributed by atoms with Crippen LogP contribution in [0.4, 0.5) is 5.82 Å². The molecule has 0 aliphatic rings. The van der Waals surface area contributed by atoms with E-state index >= 15 is 0 Å². The fourth-order valence-corrected chi connectivity index (χ4v) is 1.98. The van der Waals surface area contributed by atoms with Crippen molar-refractivity contribution >= 4 is 17.4 Å². The van der Waals surface area contributed by atoms with Gasteiger partial charge in [0.05, 0.1) is 5.56 Å². The van der Waals surface area contributed by atoms with Gasteiger partial charge in [-0.2, -0.15) is 4.98 Å². The number of nitrogens with zero attached hydrogens (tertiary/aromatic N) is 2. The van der Waals surface area contributed by atoms with E-state index in [1.54, 1.807) is 0 Å². The Morgan fingerprint density at radius 2 is 2.05 bits per heavy atom. The number of hydrogen-bond acceptors (Lipinski definition) is 4. The molecule has 0 fully saturated rings. The number of halogens is 1. The van der Waals surface area contributed by atoms with E-state index in [1.807, 2.05) is 45.2 Å². The van der Waals surface area contributed by atoms with Crippen LogP contribution in [0.3, 0.4) is 0 Å². The number of benzene rings is 1. The van der Waals surface area contributed by atoms with Crippen molar-refractivity contribution in [3.8, 4) is 5.88 Å². The summed E-state index contributed by atoms with van der Waals surface area (Å²) in [6, 6.07) is 7.58. The third kappa shape index (κ3) is 3.35. The largest absolute Gasteiger partial charge is 0.472 e. The molecule has 19 heavy (non-hydrogen) atoms. The molecule has 0 atom stereocenters. The normalized spacial score (nSPS) is 10.3. The number of rotatable bonds is 4. The van der Waals surface area contributed by atoms with E-state index in [1.165, 1.54) is 0 Å². The van der Waals surface area contributed by atoms with Crippen molar-refractivity contribution in [3.63, 3.8) is 0 Å². The van der Waals surface area contributed by atoms with E-state index in [0.717, 1.165) is 16.9 Å². The van der Waals surface area contributed by atoms with Crippen LogP contribution in [0.25, 0.3) is 0 Å². The first-order valence-corrected chi connectivity index (χ1v) is 6.38. The number of anilines is 1. The quantitative estimate of drug-likeness (QED) is 0.931. The standard InChI is InChI=1S/C14H16ClN3O/c1-9-13(16-3)17-10(2)18-14(9)19-8-11-5-4-6-12(15)7-11/h4-7H,8H2,1-3H3,(H,16,17,18). The molecule has 1 heterocycles. The first kappa shape index (κ1) is 13.6. The molecule has 5 heteroatoms. The molecule has 0 saturated carbocycles. The van der Waals surface area contributed by atoms with Crippen LogP contribution >= 0.6 is 11.6 Å². The predicted octanol–water partition coefficient (Wildman–Crippen LogP) is 3.37. The van der Waals surface area contributed by atoms with Crippen LogP contribution in [0.1, 0.15) is 17.0 Å². The summed E-state index contributed by atoms with van der Waals surface area (Å²) in [5.41, 5.74) is 1.91. The highest BCUT2D eigenvalue weighted by Crippen LogP contribution is 2.22. The number of nitrogens with one attached hydrogen (secondary N) is 1. The van der Waals surface area contributed by atoms with Crippen LogP contribution in [-0.4, -0.2) is 17.0 Å². The lowest BCUT2D eigenvalue weighted by Crippen LogP contribution is -2.05. The Morgan fingerprint density at radius 1 is 1.26 bits per heavy atom. The maximum Gasteiger partial charge on any atom is 0.222 e. The van der Waals surface area contributed by atoms with E-state index in [9.17, 15) is 0 Å². The van der Waals surface area contributed by atoms with Gasteiger partial charge in [-0.1, -0.05) is 23.7 Å². The van der Waals surface area contributed by atoms with Crippen molar-refractivity contribution in [3.05, 3.63) is 46.2 Å². The Hall–Kier alpha value is -1.81. The van der Waals surface area contributed by atoms with Gasteiger partial charge in [0.25, 0.3) is 0 Å². The summed E-state index contributed by atoms with van der Waals surface area (Å²) in [7, 11) is 1.83. The van der Waals surface area contributed by atoms with Gasteiger partial charge in [0.1, 0.15) is 18.2 Å². The van der Waals surface area contributed by atoms with Gasteiger partial charge in [-0.05, 0) is 31.5 Å². The van der Waals surface area contributed by atoms with Crippen LogP contribution in [-0.2, 0) is 6.61 Å². The Balaban J connectivity index is 2.17. The maximum absolute atomic E-state index is 5.94. The van der Waals surface area contributed by atoms with Gasteiger partial charge in [-0.3, -0.25) is 0 Å². The van der Waals surface area contributed by atoms with Crippen LogP contribution in [0.15, 0.2) is 24.3 Å². The highest BCUT2D eigenvalue weighted by molar-refractivity contribution is 6.30. The first-order valence-electron chi connectivity index (χ1n) is 6.00. The zero-order chi connectivity index (χ0) is 13.8. The van der Waals surface area contributed by atoms with E-state index in [-0.39, 0.29) is 0 Å². The highest BCUT2D eigenvalue weighted by atomic mass is 35.5. The molecule has 0 amide bonds. The summed E-state index contributed by atoms with van der Waals surface area (Å²) < 4.78 is 5.75. The molecule has 0 unspecified atom stereocenters. The van der Waals surface area contributed by atoms with Gasteiger partial charge >= 0.3 is 0 Å². The Morgan fingerprint density at radius 3 is 2.74 bits per heavy atom. The summed E-state index contributed by atoms with van der Waals surface area (Å²) in [6.07, 6.45) is 0. The number of aryl methyl sites for hydroxylation is 1. The minimum atomic E-state index is 0.432. The lowest BCUT2D eigenvalue weighted by atomic mass is 10.2. The molecule has 2 rings (SSSR count). The fourth-order valence-electron chi connectivity index (χ4n) is 1.77. The lowest BCUT2D eigenvalue weighted by Gasteiger charge is -2.12. The molecule has 0 radical (unpaired) electrons. The monoisotopic (exact) mass is 277 g/mol. The summed E-state index contributed by atoms with van der Waals surface area (Å²) in [5.74, 6) is 2.06. The first-order chi connectivity index (χ1) is 9.10. The Kier molecular flexibility index (Phi) is 4.22. The molecule has 0 aliphatic carbocycles. The van der Waals surface area contributed by atoms with Crippen molar-refractivity contribution in [2.45, 2.75) is 20.5 Å². The van der Waals surface area contributed by atoms with Crippen LogP contribution in [0.2, 0.25) is 5.02 Å². The Labute approximate surface area is 117 Å². The van der Waals surface area contributed by atoms with Gasteiger partial charge in [0.15, 0.2) is 0 Å². The van der Waals surface area contributed by atoms with Crippen LogP contribution in [0.5, 0.6) is 5.88 Å². The van der Waals surface area contributed by atoms with Gasteiger partial charge in [-0.15, -0.1) is 0 Å². The molecule has 1 aromatic heterocycles. The minimum Gasteiger partial charge on any atom is -0.472 e. The lowest BCUT2D eigenvalue weighted by molar-refractivity contribution is 0.290. The average Bonchev–Trinajstić information content (AvgIpc) is 2.39. The van der Waals surface area contributed by atoms with Crippen LogP contribution in [0, 0.1) is 13.8 Å². The zero-order valence-corrected chi connectivity index (χ0v) is 12.0. The second-order valence-corrected chi connectivity index (χ2v) is 4.65. The topological polar surface area (TPSA) is 47.0 Å². The molecule has 2 aromatic rings. The van der Waals surface area contributed by atoms with Crippen molar-refractivity contribution in [2.24, 2.45) is 0 Å². The molecule has 1 aromatic carbocycles. The van der Waals surface area contributed by atoms with E-state index < -0.39 is 0 Å². The molecule has 100 valence electrons. The maximum atomic E-state index is 5.94. The number of hydrogen-bond donors (Lipinski definition) is 1. The summed E-state index contributed by atoms with van der Waals surface area (Å²) in [6.45, 7) is 4.20. The molecule has 0 spiro atoms. The van der Waals surface area contributed by atoms with Crippen LogP contribution < -0.4 is 10.1 Å². The highest BCUT2D eigenvalue weighted by Gasteiger charge is 2.09. The summed E-state index contributed by atoms with van der Waals surface area (Å²) in [4.78, 5) is 8.61. The molecule has 0 bridgehead atoms. The second-order valence-electron chi connectivity index (χ2n) is 4.22. The van der Waals surface area contributed by atoms with Crippen molar-refractivity contribution in [2.75, 3.05) is 12.4 Å². The van der Waals surface area contributed by atoms with E-state index in [2.05, 4.69) is 15.3 Å². The van der Waals surface area contributed by atoms with Gasteiger partial charge < -0.3 is 10.1 Å². The van der Waals surface area contributed by atoms with Gasteiger partial charge in [0, 0.05) is 12.1 Å². The molecular weight excluding hydrogens is 262 g/mol. The summed E-state index contributed by atoms with van der Waals surface area (Å²) in [5, 5.41) is 3.73. The molecule has 4 nitrogen and oxygen atoms in total. The van der Waals surface area contributed by atoms with E-state index in [0.29, 0.717) is 23.3 Å². The Bertz CT molecular complexity index is 587. The van der Waals surface area contributed by atoms with Crippen molar-refractivity contribution in [1.29, 1.82) is 0 Å². The van der Waals surface area contributed by atoms with E-state index in [4.69, 9.17) is 16.3 Å². The fraction of sp³-hybridized carbons (Fsp3) is 0.286. The number of aromatic nitrogens is 2. The van der Waals surface area contributed by atoms with Crippen molar-refractivity contribution in [1.82, 2.24) is 9.97 Å². The third-order valence-corrected chi connectivity index (χ3v) is 2.95. The van der Waals surface area contributed by atoms with Crippen molar-refractivity contribution < 1.29 is 4.74 Å². The van der Waals surface area contributed by atoms with Gasteiger partial charge in [0.2, 0.25) is 5.88 Å². The summed E-state index contributed by atoms with van der Waals surface area (Å²) >= 11 is 5.94. The molecule has 1 N–H and O–H groups in total. The smallest absolute Gasteiger partial charge is 0.222 e. The van der Waals surface area contributed by atoms with Gasteiger partial charge in [-0.25, -0.2) is 4.98 Å². The molecule has 0 aliphatic heterocycles. The SMILES string of the molecule is CNc1nc(C)nc(OCc2cccc(Cl)c2)c1C. The number of ether oxygens (including phenoxy) is 1. The second kappa shape index (κ2) is 5.89. The third-order valence-electron chi connectivity index (χ3n) is 2.71. The minimum absolute atomic E-state index is 0.432. The zero-order valence-electron chi connectivity index (χ0n) is 11.2. The predicted molar refractivity (Wildman–Crippen MR) is 76.8 cm³/mol.